The number of halogens is 3. The third kappa shape index (κ3) is 3.84. The van der Waals surface area contributed by atoms with Gasteiger partial charge in [0, 0.05) is 6.20 Å². The molecule has 2 N–H and O–H groups in total. The van der Waals surface area contributed by atoms with E-state index in [4.69, 9.17) is 15.0 Å². The Balaban J connectivity index is 0.000000295. The molecule has 0 aliphatic heterocycles. The molecule has 0 atom stereocenters. The lowest BCUT2D eigenvalue weighted by molar-refractivity contribution is -0.192. The van der Waals surface area contributed by atoms with Crippen LogP contribution < -0.4 is 5.56 Å². The Morgan fingerprint density at radius 2 is 1.68 bits per heavy atom. The molecule has 2 aromatic heterocycles. The van der Waals surface area contributed by atoms with Gasteiger partial charge in [-0.2, -0.15) is 13.2 Å². The van der Waals surface area contributed by atoms with Crippen molar-refractivity contribution in [2.45, 2.75) is 13.1 Å². The minimum Gasteiger partial charge on any atom is -0.477 e. The Morgan fingerprint density at radius 1 is 1.14 bits per heavy atom. The summed E-state index contributed by atoms with van der Waals surface area (Å²) in [5, 5.41) is 15.9. The number of hydrogen-bond acceptors (Lipinski definition) is 3. The number of aryl methyl sites for hydroxylation is 1. The molecule has 0 radical (unpaired) electrons. The number of carboxylic acids is 2. The van der Waals surface area contributed by atoms with E-state index in [1.54, 1.807) is 18.3 Å². The SMILES string of the molecule is Cc1cccn2c(=O)c(C(=O)O)ccc12.O=C(O)C(F)(F)F. The molecule has 22 heavy (non-hydrogen) atoms. The van der Waals surface area contributed by atoms with Gasteiger partial charge in [-0.1, -0.05) is 6.07 Å². The van der Waals surface area contributed by atoms with Gasteiger partial charge in [0.05, 0.1) is 5.52 Å². The van der Waals surface area contributed by atoms with Gasteiger partial charge in [-0.25, -0.2) is 9.59 Å². The second-order valence-electron chi connectivity index (χ2n) is 4.11. The van der Waals surface area contributed by atoms with Gasteiger partial charge in [0.1, 0.15) is 5.56 Å². The Hall–Kier alpha value is -2.84. The Labute approximate surface area is 121 Å². The van der Waals surface area contributed by atoms with E-state index in [2.05, 4.69) is 0 Å². The standard InChI is InChI=1S/C11H9NO3.C2HF3O2/c1-7-3-2-6-12-9(7)5-4-8(10(12)13)11(14)15;3-2(4,5)1(6)7/h2-6H,1H3,(H,14,15);(H,6,7). The second-order valence-corrected chi connectivity index (χ2v) is 4.11. The maximum atomic E-state index is 11.7. The topological polar surface area (TPSA) is 96.1 Å². The van der Waals surface area contributed by atoms with Crippen LogP contribution in [0.4, 0.5) is 13.2 Å². The maximum Gasteiger partial charge on any atom is 0.490 e. The number of alkyl halides is 3. The minimum absolute atomic E-state index is 0.210. The first kappa shape index (κ1) is 17.2. The molecule has 0 fully saturated rings. The van der Waals surface area contributed by atoms with Crippen molar-refractivity contribution < 1.29 is 33.0 Å². The lowest BCUT2D eigenvalue weighted by Gasteiger charge is -2.04. The smallest absolute Gasteiger partial charge is 0.477 e. The summed E-state index contributed by atoms with van der Waals surface area (Å²) >= 11 is 0. The Morgan fingerprint density at radius 3 is 2.14 bits per heavy atom. The van der Waals surface area contributed by atoms with Crippen LogP contribution in [0.1, 0.15) is 15.9 Å². The van der Waals surface area contributed by atoms with Crippen LogP contribution in [0.15, 0.2) is 35.3 Å². The third-order valence-corrected chi connectivity index (χ3v) is 2.57. The first-order valence-electron chi connectivity index (χ1n) is 5.70. The predicted molar refractivity (Wildman–Crippen MR) is 69.1 cm³/mol. The first-order chi connectivity index (χ1) is 10.1. The molecular weight excluding hydrogens is 307 g/mol. The van der Waals surface area contributed by atoms with Gasteiger partial charge in [0.15, 0.2) is 0 Å². The highest BCUT2D eigenvalue weighted by atomic mass is 19.4. The number of aliphatic carboxylic acids is 1. The molecule has 0 saturated carbocycles. The summed E-state index contributed by atoms with van der Waals surface area (Å²) < 4.78 is 33.1. The molecule has 2 rings (SSSR count). The summed E-state index contributed by atoms with van der Waals surface area (Å²) in [6.07, 6.45) is -3.52. The number of hydrogen-bond donors (Lipinski definition) is 2. The fourth-order valence-electron chi connectivity index (χ4n) is 1.54. The largest absolute Gasteiger partial charge is 0.490 e. The van der Waals surface area contributed by atoms with E-state index in [0.29, 0.717) is 0 Å². The Bertz CT molecular complexity index is 779. The molecule has 0 aromatic carbocycles. The van der Waals surface area contributed by atoms with E-state index in [-0.39, 0.29) is 5.56 Å². The molecule has 0 amide bonds. The second kappa shape index (κ2) is 6.29. The Kier molecular flexibility index (Phi) is 4.92. The molecule has 0 aliphatic carbocycles. The van der Waals surface area contributed by atoms with Crippen molar-refractivity contribution in [2.24, 2.45) is 0 Å². The first-order valence-corrected chi connectivity index (χ1v) is 5.70. The van der Waals surface area contributed by atoms with Crippen LogP contribution >= 0.6 is 0 Å². The summed E-state index contributed by atoms with van der Waals surface area (Å²) in [6.45, 7) is 1.87. The number of rotatable bonds is 1. The highest BCUT2D eigenvalue weighted by Gasteiger charge is 2.38. The number of nitrogens with zero attached hydrogens (tertiary/aromatic N) is 1. The van der Waals surface area contributed by atoms with Gasteiger partial charge < -0.3 is 10.2 Å². The summed E-state index contributed by atoms with van der Waals surface area (Å²) in [6, 6.07) is 6.57. The van der Waals surface area contributed by atoms with Crippen molar-refractivity contribution >= 4 is 17.5 Å². The van der Waals surface area contributed by atoms with E-state index in [1.165, 1.54) is 10.5 Å². The zero-order chi connectivity index (χ0) is 17.1. The van der Waals surface area contributed by atoms with E-state index < -0.39 is 23.7 Å². The monoisotopic (exact) mass is 317 g/mol. The average molecular weight is 317 g/mol. The average Bonchev–Trinajstić information content (AvgIpc) is 2.39. The van der Waals surface area contributed by atoms with Crippen LogP contribution in [0.5, 0.6) is 0 Å². The van der Waals surface area contributed by atoms with Crippen LogP contribution in [-0.2, 0) is 4.79 Å². The molecular formula is C13H10F3NO5. The zero-order valence-corrected chi connectivity index (χ0v) is 11.1. The van der Waals surface area contributed by atoms with Crippen molar-refractivity contribution in [3.05, 3.63) is 51.9 Å². The summed E-state index contributed by atoms with van der Waals surface area (Å²) in [7, 11) is 0. The summed E-state index contributed by atoms with van der Waals surface area (Å²) in [4.78, 5) is 31.3. The molecule has 2 aromatic rings. The highest BCUT2D eigenvalue weighted by molar-refractivity contribution is 5.87. The van der Waals surface area contributed by atoms with Crippen molar-refractivity contribution in [1.29, 1.82) is 0 Å². The third-order valence-electron chi connectivity index (χ3n) is 2.57. The molecule has 0 spiro atoms. The van der Waals surface area contributed by atoms with Crippen molar-refractivity contribution in [2.75, 3.05) is 0 Å². The van der Waals surface area contributed by atoms with Crippen LogP contribution in [0, 0.1) is 6.92 Å². The fraction of sp³-hybridized carbons (Fsp3) is 0.154. The van der Waals surface area contributed by atoms with Gasteiger partial charge in [0.25, 0.3) is 5.56 Å². The number of carbonyl (C=O) groups is 2. The van der Waals surface area contributed by atoms with E-state index in [0.717, 1.165) is 11.1 Å². The predicted octanol–water partition coefficient (Wildman–Crippen LogP) is 1.94. The fourth-order valence-corrected chi connectivity index (χ4v) is 1.54. The van der Waals surface area contributed by atoms with E-state index in [9.17, 15) is 22.8 Å². The molecule has 9 heteroatoms. The number of aromatic nitrogens is 1. The van der Waals surface area contributed by atoms with Crippen LogP contribution in [0.3, 0.4) is 0 Å². The zero-order valence-electron chi connectivity index (χ0n) is 11.1. The lowest BCUT2D eigenvalue weighted by atomic mass is 10.2. The van der Waals surface area contributed by atoms with Gasteiger partial charge in [-0.05, 0) is 30.7 Å². The van der Waals surface area contributed by atoms with Crippen LogP contribution in [-0.4, -0.2) is 32.7 Å². The lowest BCUT2D eigenvalue weighted by Crippen LogP contribution is -2.21. The van der Waals surface area contributed by atoms with Crippen molar-refractivity contribution in [3.63, 3.8) is 0 Å². The summed E-state index contributed by atoms with van der Waals surface area (Å²) in [5.41, 5.74) is 0.959. The van der Waals surface area contributed by atoms with Crippen molar-refractivity contribution in [1.82, 2.24) is 4.40 Å². The van der Waals surface area contributed by atoms with Gasteiger partial charge >= 0.3 is 18.1 Å². The molecule has 0 unspecified atom stereocenters. The van der Waals surface area contributed by atoms with E-state index in [1.807, 2.05) is 13.0 Å². The molecule has 118 valence electrons. The normalized spacial score (nSPS) is 10.7. The molecule has 0 saturated heterocycles. The molecule has 2 heterocycles. The number of aromatic carboxylic acids is 1. The van der Waals surface area contributed by atoms with Crippen LogP contribution in [0.25, 0.3) is 5.52 Å². The van der Waals surface area contributed by atoms with Crippen molar-refractivity contribution in [3.8, 4) is 0 Å². The summed E-state index contributed by atoms with van der Waals surface area (Å²) in [5.74, 6) is -3.96. The quantitative estimate of drug-likeness (QED) is 0.838. The number of carboxylic acid groups (broad SMARTS) is 2. The molecule has 6 nitrogen and oxygen atoms in total. The number of pyridine rings is 2. The van der Waals surface area contributed by atoms with Gasteiger partial charge in [0.2, 0.25) is 0 Å². The van der Waals surface area contributed by atoms with Gasteiger partial charge in [-0.3, -0.25) is 9.20 Å². The highest BCUT2D eigenvalue weighted by Crippen LogP contribution is 2.13. The molecule has 0 bridgehead atoms. The minimum atomic E-state index is -5.08. The van der Waals surface area contributed by atoms with E-state index >= 15 is 0 Å². The van der Waals surface area contributed by atoms with Gasteiger partial charge in [-0.15, -0.1) is 0 Å². The maximum absolute atomic E-state index is 11.7. The number of fused-ring (bicyclic) bond motifs is 1. The van der Waals surface area contributed by atoms with Crippen LogP contribution in [0.2, 0.25) is 0 Å². The molecule has 0 aliphatic rings.